The van der Waals surface area contributed by atoms with Gasteiger partial charge in [0.2, 0.25) is 0 Å². The number of anilines is 1. The molecule has 2 rings (SSSR count). The van der Waals surface area contributed by atoms with E-state index in [0.29, 0.717) is 11.6 Å². The molecule has 0 aliphatic heterocycles. The average Bonchev–Trinajstić information content (AvgIpc) is 3.03. The number of benzene rings is 1. The molecule has 1 aromatic rings. The maximum Gasteiger partial charge on any atom is 0.337 e. The molecule has 1 aromatic carbocycles. The van der Waals surface area contributed by atoms with E-state index in [4.69, 9.17) is 5.11 Å². The Kier molecular flexibility index (Phi) is 2.81. The minimum Gasteiger partial charge on any atom is -0.478 e. The first-order valence-corrected chi connectivity index (χ1v) is 5.71. The summed E-state index contributed by atoms with van der Waals surface area (Å²) in [5, 5.41) is 12.2. The molecule has 0 aromatic heterocycles. The first-order chi connectivity index (χ1) is 7.90. The smallest absolute Gasteiger partial charge is 0.337 e. The zero-order valence-electron chi connectivity index (χ0n) is 9.96. The molecule has 1 saturated carbocycles. The number of hydrogen-bond donors (Lipinski definition) is 2. The number of carbonyl (C=O) groups is 1. The summed E-state index contributed by atoms with van der Waals surface area (Å²) in [5.74, 6) is -1.08. The third kappa shape index (κ3) is 2.57. The van der Waals surface area contributed by atoms with E-state index in [-0.39, 0.29) is 11.1 Å². The normalized spacial score (nSPS) is 15.7. The second-order valence-corrected chi connectivity index (χ2v) is 5.12. The van der Waals surface area contributed by atoms with Crippen molar-refractivity contribution in [1.29, 1.82) is 0 Å². The predicted octanol–water partition coefficient (Wildman–Crippen LogP) is 3.12. The zero-order valence-corrected chi connectivity index (χ0v) is 9.96. The van der Waals surface area contributed by atoms with Crippen LogP contribution in [0.1, 0.15) is 37.0 Å². The van der Waals surface area contributed by atoms with Gasteiger partial charge in [-0.25, -0.2) is 9.18 Å². The van der Waals surface area contributed by atoms with Gasteiger partial charge in [0.1, 0.15) is 5.82 Å². The van der Waals surface area contributed by atoms with Crippen molar-refractivity contribution < 1.29 is 14.3 Å². The molecule has 0 radical (unpaired) electrons. The van der Waals surface area contributed by atoms with Crippen LogP contribution in [0, 0.1) is 11.7 Å². The zero-order chi connectivity index (χ0) is 12.6. The second-order valence-electron chi connectivity index (χ2n) is 5.12. The van der Waals surface area contributed by atoms with E-state index in [1.165, 1.54) is 12.1 Å². The molecule has 2 N–H and O–H groups in total. The number of carboxylic acid groups (broad SMARTS) is 1. The van der Waals surface area contributed by atoms with Gasteiger partial charge >= 0.3 is 5.97 Å². The highest BCUT2D eigenvalue weighted by atomic mass is 19.1. The van der Waals surface area contributed by atoms with E-state index in [0.717, 1.165) is 18.9 Å². The number of carboxylic acids is 1. The van der Waals surface area contributed by atoms with E-state index in [1.54, 1.807) is 0 Å². The number of aromatic carboxylic acids is 1. The largest absolute Gasteiger partial charge is 0.478 e. The molecule has 0 saturated heterocycles. The summed E-state index contributed by atoms with van der Waals surface area (Å²) >= 11 is 0. The Bertz CT molecular complexity index is 453. The third-order valence-electron chi connectivity index (χ3n) is 3.27. The molecule has 0 spiro atoms. The van der Waals surface area contributed by atoms with Gasteiger partial charge < -0.3 is 10.4 Å². The molecular weight excluding hydrogens is 221 g/mol. The third-order valence-corrected chi connectivity index (χ3v) is 3.27. The fraction of sp³-hybridized carbons (Fsp3) is 0.462. The number of rotatable bonds is 4. The molecule has 0 amide bonds. The maximum atomic E-state index is 13.0. The van der Waals surface area contributed by atoms with Gasteiger partial charge in [0.05, 0.1) is 5.56 Å². The first-order valence-electron chi connectivity index (χ1n) is 5.71. The van der Waals surface area contributed by atoms with Crippen molar-refractivity contribution in [2.45, 2.75) is 32.2 Å². The van der Waals surface area contributed by atoms with Crippen LogP contribution in [0.2, 0.25) is 0 Å². The number of hydrogen-bond acceptors (Lipinski definition) is 2. The molecule has 0 heterocycles. The lowest BCUT2D eigenvalue weighted by Crippen LogP contribution is -2.34. The van der Waals surface area contributed by atoms with E-state index < -0.39 is 11.8 Å². The standard InChI is InChI=1S/C13H16FNO2/c1-13(2,8-3-4-8)15-11-6-5-9(14)7-10(11)12(16)17/h5-8,15H,3-4H2,1-2H3,(H,16,17). The Morgan fingerprint density at radius 2 is 2.12 bits per heavy atom. The molecule has 0 atom stereocenters. The summed E-state index contributed by atoms with van der Waals surface area (Å²) in [6, 6.07) is 3.81. The predicted molar refractivity (Wildman–Crippen MR) is 63.8 cm³/mol. The van der Waals surface area contributed by atoms with Crippen molar-refractivity contribution in [3.63, 3.8) is 0 Å². The minimum absolute atomic E-state index is 0.0151. The van der Waals surface area contributed by atoms with Crippen molar-refractivity contribution in [2.75, 3.05) is 5.32 Å². The van der Waals surface area contributed by atoms with Crippen molar-refractivity contribution in [3.05, 3.63) is 29.6 Å². The summed E-state index contributed by atoms with van der Waals surface area (Å²) in [6.45, 7) is 4.08. The fourth-order valence-electron chi connectivity index (χ4n) is 2.06. The van der Waals surface area contributed by atoms with E-state index in [9.17, 15) is 9.18 Å². The minimum atomic E-state index is -1.11. The molecular formula is C13H16FNO2. The Balaban J connectivity index is 2.28. The highest BCUT2D eigenvalue weighted by Crippen LogP contribution is 2.41. The van der Waals surface area contributed by atoms with Crippen LogP contribution in [-0.4, -0.2) is 16.6 Å². The lowest BCUT2D eigenvalue weighted by atomic mass is 9.97. The van der Waals surface area contributed by atoms with Crippen LogP contribution in [-0.2, 0) is 0 Å². The SMILES string of the molecule is CC(C)(Nc1ccc(F)cc1C(=O)O)C1CC1. The lowest BCUT2D eigenvalue weighted by molar-refractivity contribution is 0.0697. The van der Waals surface area contributed by atoms with Crippen molar-refractivity contribution in [1.82, 2.24) is 0 Å². The van der Waals surface area contributed by atoms with Crippen LogP contribution < -0.4 is 5.32 Å². The number of halogens is 1. The monoisotopic (exact) mass is 237 g/mol. The Labute approximate surface area is 99.7 Å². The van der Waals surface area contributed by atoms with Crippen LogP contribution in [0.3, 0.4) is 0 Å². The van der Waals surface area contributed by atoms with E-state index in [1.807, 2.05) is 13.8 Å². The average molecular weight is 237 g/mol. The first kappa shape index (κ1) is 11.9. The summed E-state index contributed by atoms with van der Waals surface area (Å²) in [7, 11) is 0. The summed E-state index contributed by atoms with van der Waals surface area (Å²) in [6.07, 6.45) is 2.31. The maximum absolute atomic E-state index is 13.0. The van der Waals surface area contributed by atoms with E-state index >= 15 is 0 Å². The van der Waals surface area contributed by atoms with Gasteiger partial charge in [-0.1, -0.05) is 0 Å². The molecule has 3 nitrogen and oxygen atoms in total. The van der Waals surface area contributed by atoms with Gasteiger partial charge in [0.25, 0.3) is 0 Å². The Hall–Kier alpha value is -1.58. The van der Waals surface area contributed by atoms with E-state index in [2.05, 4.69) is 5.32 Å². The molecule has 0 bridgehead atoms. The second kappa shape index (κ2) is 4.02. The molecule has 1 aliphatic carbocycles. The van der Waals surface area contributed by atoms with Crippen LogP contribution in [0.4, 0.5) is 10.1 Å². The van der Waals surface area contributed by atoms with Crippen molar-refractivity contribution in [2.24, 2.45) is 5.92 Å². The Morgan fingerprint density at radius 3 is 2.65 bits per heavy atom. The van der Waals surface area contributed by atoms with Gasteiger partial charge in [-0.05, 0) is 50.8 Å². The molecule has 17 heavy (non-hydrogen) atoms. The van der Waals surface area contributed by atoms with Gasteiger partial charge in [0, 0.05) is 11.2 Å². The van der Waals surface area contributed by atoms with Crippen molar-refractivity contribution in [3.8, 4) is 0 Å². The van der Waals surface area contributed by atoms with Gasteiger partial charge in [-0.15, -0.1) is 0 Å². The summed E-state index contributed by atoms with van der Waals surface area (Å²) in [5.41, 5.74) is 0.316. The summed E-state index contributed by atoms with van der Waals surface area (Å²) < 4.78 is 13.0. The van der Waals surface area contributed by atoms with Crippen molar-refractivity contribution >= 4 is 11.7 Å². The van der Waals surface area contributed by atoms with Gasteiger partial charge in [0.15, 0.2) is 0 Å². The Morgan fingerprint density at radius 1 is 1.47 bits per heavy atom. The van der Waals surface area contributed by atoms with Crippen LogP contribution in [0.25, 0.3) is 0 Å². The lowest BCUT2D eigenvalue weighted by Gasteiger charge is -2.28. The van der Waals surface area contributed by atoms with Crippen LogP contribution in [0.15, 0.2) is 18.2 Å². The fourth-order valence-corrected chi connectivity index (χ4v) is 2.06. The van der Waals surface area contributed by atoms with Gasteiger partial charge in [-0.2, -0.15) is 0 Å². The molecule has 0 unspecified atom stereocenters. The van der Waals surface area contributed by atoms with Crippen LogP contribution in [0.5, 0.6) is 0 Å². The molecule has 1 aliphatic rings. The molecule has 1 fully saturated rings. The molecule has 4 heteroatoms. The highest BCUT2D eigenvalue weighted by molar-refractivity contribution is 5.94. The topological polar surface area (TPSA) is 49.3 Å². The number of nitrogens with one attached hydrogen (secondary N) is 1. The quantitative estimate of drug-likeness (QED) is 0.845. The van der Waals surface area contributed by atoms with Gasteiger partial charge in [-0.3, -0.25) is 0 Å². The van der Waals surface area contributed by atoms with Crippen LogP contribution >= 0.6 is 0 Å². The highest BCUT2D eigenvalue weighted by Gasteiger charge is 2.38. The molecule has 92 valence electrons. The summed E-state index contributed by atoms with van der Waals surface area (Å²) in [4.78, 5) is 11.0.